The van der Waals surface area contributed by atoms with Gasteiger partial charge < -0.3 is 14.7 Å². The van der Waals surface area contributed by atoms with Crippen molar-refractivity contribution >= 4 is 16.3 Å². The first kappa shape index (κ1) is 16.4. The van der Waals surface area contributed by atoms with Crippen LogP contribution in [-0.2, 0) is 4.74 Å². The number of aromatic nitrogens is 3. The third-order valence-electron chi connectivity index (χ3n) is 4.39. The number of fused-ring (bicyclic) bond motifs is 1. The Kier molecular flexibility index (Phi) is 4.14. The smallest absolute Gasteiger partial charge is 0.235 e. The van der Waals surface area contributed by atoms with E-state index in [1.165, 1.54) is 21.9 Å². The van der Waals surface area contributed by atoms with Gasteiger partial charge in [-0.05, 0) is 25.1 Å². The fourth-order valence-corrected chi connectivity index (χ4v) is 4.41. The van der Waals surface area contributed by atoms with Crippen molar-refractivity contribution in [3.63, 3.8) is 0 Å². The molecule has 1 aromatic carbocycles. The molecule has 0 saturated carbocycles. The van der Waals surface area contributed by atoms with Gasteiger partial charge in [-0.3, -0.25) is 0 Å². The van der Waals surface area contributed by atoms with Gasteiger partial charge >= 0.3 is 0 Å². The monoisotopic (exact) mass is 367 g/mol. The number of aryl methyl sites for hydroxylation is 1. The molecule has 25 heavy (non-hydrogen) atoms. The summed E-state index contributed by atoms with van der Waals surface area (Å²) in [5.41, 5.74) is 0.604. The molecule has 0 radical (unpaired) electrons. The molecule has 1 aliphatic rings. The summed E-state index contributed by atoms with van der Waals surface area (Å²) < 4.78 is 34.0. The third-order valence-corrected chi connectivity index (χ3v) is 5.47. The maximum Gasteiger partial charge on any atom is 0.235 e. The Morgan fingerprint density at radius 1 is 1.28 bits per heavy atom. The average molecular weight is 367 g/mol. The SMILES string of the molecule is Cc1nc2sc([C@@H](c3ccc(F)c(F)c3)[NH+]3CCOCC3)c(O)n2n1. The van der Waals surface area contributed by atoms with Gasteiger partial charge in [-0.1, -0.05) is 11.3 Å². The van der Waals surface area contributed by atoms with Crippen LogP contribution in [0.15, 0.2) is 18.2 Å². The van der Waals surface area contributed by atoms with Crippen LogP contribution >= 0.6 is 11.3 Å². The molecule has 0 amide bonds. The summed E-state index contributed by atoms with van der Waals surface area (Å²) in [6.07, 6.45) is 0. The van der Waals surface area contributed by atoms with Crippen molar-refractivity contribution in [2.45, 2.75) is 13.0 Å². The highest BCUT2D eigenvalue weighted by Crippen LogP contribution is 2.35. The lowest BCUT2D eigenvalue weighted by Gasteiger charge is -2.31. The maximum absolute atomic E-state index is 13.8. The highest BCUT2D eigenvalue weighted by Gasteiger charge is 2.34. The lowest BCUT2D eigenvalue weighted by atomic mass is 10.0. The first-order chi connectivity index (χ1) is 12.0. The molecule has 0 unspecified atom stereocenters. The highest BCUT2D eigenvalue weighted by molar-refractivity contribution is 7.17. The molecule has 0 aliphatic carbocycles. The molecule has 1 aliphatic heterocycles. The minimum atomic E-state index is -0.898. The second-order valence-electron chi connectivity index (χ2n) is 6.02. The van der Waals surface area contributed by atoms with Gasteiger partial charge in [0.2, 0.25) is 10.8 Å². The quantitative estimate of drug-likeness (QED) is 0.727. The highest BCUT2D eigenvalue weighted by atomic mass is 32.1. The Morgan fingerprint density at radius 2 is 2.04 bits per heavy atom. The number of nitrogens with zero attached hydrogens (tertiary/aromatic N) is 3. The molecule has 9 heteroatoms. The number of aromatic hydroxyl groups is 1. The van der Waals surface area contributed by atoms with E-state index in [0.717, 1.165) is 11.0 Å². The predicted molar refractivity (Wildman–Crippen MR) is 87.0 cm³/mol. The molecule has 1 saturated heterocycles. The largest absolute Gasteiger partial charge is 0.492 e. The summed E-state index contributed by atoms with van der Waals surface area (Å²) in [5, 5.41) is 14.8. The Balaban J connectivity index is 1.84. The van der Waals surface area contributed by atoms with Crippen LogP contribution in [0, 0.1) is 18.6 Å². The molecule has 0 bridgehead atoms. The van der Waals surface area contributed by atoms with Gasteiger partial charge in [-0.2, -0.15) is 4.52 Å². The van der Waals surface area contributed by atoms with Crippen molar-refractivity contribution in [3.8, 4) is 5.88 Å². The van der Waals surface area contributed by atoms with E-state index in [1.54, 1.807) is 13.0 Å². The fourth-order valence-electron chi connectivity index (χ4n) is 3.22. The first-order valence-corrected chi connectivity index (χ1v) is 8.78. The number of ether oxygens (including phenoxy) is 1. The number of hydrogen-bond donors (Lipinski definition) is 2. The molecule has 3 heterocycles. The van der Waals surface area contributed by atoms with Crippen LogP contribution in [0.5, 0.6) is 5.88 Å². The van der Waals surface area contributed by atoms with E-state index in [-0.39, 0.29) is 11.9 Å². The van der Waals surface area contributed by atoms with Crippen molar-refractivity contribution in [1.82, 2.24) is 14.6 Å². The number of benzene rings is 1. The van der Waals surface area contributed by atoms with Crippen molar-refractivity contribution in [1.29, 1.82) is 0 Å². The van der Waals surface area contributed by atoms with E-state index in [9.17, 15) is 13.9 Å². The van der Waals surface area contributed by atoms with E-state index in [4.69, 9.17) is 4.74 Å². The normalized spacial score (nSPS) is 17.2. The van der Waals surface area contributed by atoms with Crippen molar-refractivity contribution in [3.05, 3.63) is 46.1 Å². The zero-order chi connectivity index (χ0) is 17.6. The van der Waals surface area contributed by atoms with Gasteiger partial charge in [-0.25, -0.2) is 13.8 Å². The number of morpholine rings is 1. The van der Waals surface area contributed by atoms with E-state index >= 15 is 0 Å². The van der Waals surface area contributed by atoms with Crippen LogP contribution in [0.25, 0.3) is 4.96 Å². The minimum Gasteiger partial charge on any atom is -0.492 e. The van der Waals surface area contributed by atoms with E-state index in [1.807, 2.05) is 0 Å². The Hall–Kier alpha value is -2.10. The van der Waals surface area contributed by atoms with E-state index in [0.29, 0.717) is 47.5 Å². The van der Waals surface area contributed by atoms with Gasteiger partial charge in [0, 0.05) is 5.56 Å². The molecule has 6 nitrogen and oxygen atoms in total. The Morgan fingerprint density at radius 3 is 2.72 bits per heavy atom. The minimum absolute atomic E-state index is 0.00525. The maximum atomic E-state index is 13.8. The zero-order valence-electron chi connectivity index (χ0n) is 13.5. The fraction of sp³-hybridized carbons (Fsp3) is 0.375. The average Bonchev–Trinajstić information content (AvgIpc) is 3.10. The van der Waals surface area contributed by atoms with Crippen molar-refractivity contribution in [2.75, 3.05) is 26.3 Å². The first-order valence-electron chi connectivity index (χ1n) is 7.97. The molecule has 1 fully saturated rings. The summed E-state index contributed by atoms with van der Waals surface area (Å²) in [5.74, 6) is -1.22. The van der Waals surface area contributed by atoms with Crippen molar-refractivity contribution < 1.29 is 23.5 Å². The summed E-state index contributed by atoms with van der Waals surface area (Å²) in [7, 11) is 0. The number of quaternary nitrogens is 1. The van der Waals surface area contributed by atoms with Gasteiger partial charge in [0.05, 0.1) is 13.2 Å². The summed E-state index contributed by atoms with van der Waals surface area (Å²) in [6.45, 7) is 4.32. The lowest BCUT2D eigenvalue weighted by molar-refractivity contribution is -0.932. The molecule has 1 atom stereocenters. The zero-order valence-corrected chi connectivity index (χ0v) is 14.3. The molecule has 0 spiro atoms. The van der Waals surface area contributed by atoms with Crippen LogP contribution in [0.4, 0.5) is 8.78 Å². The third kappa shape index (κ3) is 2.88. The summed E-state index contributed by atoms with van der Waals surface area (Å²) in [6, 6.07) is 3.54. The predicted octanol–water partition coefficient (Wildman–Crippen LogP) is 1.09. The Bertz CT molecular complexity index is 920. The van der Waals surface area contributed by atoms with E-state index in [2.05, 4.69) is 10.1 Å². The molecule has 4 rings (SSSR count). The van der Waals surface area contributed by atoms with Crippen LogP contribution in [0.2, 0.25) is 0 Å². The lowest BCUT2D eigenvalue weighted by Crippen LogP contribution is -3.14. The molecular weight excluding hydrogens is 350 g/mol. The van der Waals surface area contributed by atoms with Gasteiger partial charge in [0.15, 0.2) is 17.7 Å². The number of hydrogen-bond acceptors (Lipinski definition) is 5. The number of rotatable bonds is 3. The molecular formula is C16H17F2N4O2S+. The number of halogens is 2. The van der Waals surface area contributed by atoms with Crippen LogP contribution in [0.3, 0.4) is 0 Å². The van der Waals surface area contributed by atoms with Crippen LogP contribution in [0.1, 0.15) is 22.3 Å². The topological polar surface area (TPSA) is 64.1 Å². The molecule has 132 valence electrons. The summed E-state index contributed by atoms with van der Waals surface area (Å²) in [4.78, 5) is 6.62. The number of nitrogens with one attached hydrogen (secondary N) is 1. The molecule has 2 N–H and O–H groups in total. The van der Waals surface area contributed by atoms with Gasteiger partial charge in [0.1, 0.15) is 23.8 Å². The number of thiazole rings is 1. The second kappa shape index (κ2) is 6.32. The standard InChI is InChI=1S/C16H16F2N4O2S/c1-9-19-16-22(20-9)15(23)14(25-16)13(21-4-6-24-7-5-21)10-2-3-11(17)12(18)8-10/h2-3,8,13,23H,4-7H2,1H3/p+1/t13-/m1/s1. The second-order valence-corrected chi connectivity index (χ2v) is 7.03. The van der Waals surface area contributed by atoms with Crippen LogP contribution in [-0.4, -0.2) is 46.0 Å². The Labute approximate surface area is 146 Å². The summed E-state index contributed by atoms with van der Waals surface area (Å²) >= 11 is 1.31. The van der Waals surface area contributed by atoms with E-state index < -0.39 is 11.6 Å². The molecule has 2 aromatic heterocycles. The van der Waals surface area contributed by atoms with Crippen molar-refractivity contribution in [2.24, 2.45) is 0 Å². The molecule has 3 aromatic rings. The van der Waals surface area contributed by atoms with Crippen LogP contribution < -0.4 is 4.90 Å². The van der Waals surface area contributed by atoms with Gasteiger partial charge in [0.25, 0.3) is 0 Å². The van der Waals surface area contributed by atoms with Gasteiger partial charge in [-0.15, -0.1) is 5.10 Å².